The van der Waals surface area contributed by atoms with Crippen molar-refractivity contribution in [2.45, 2.75) is 6.92 Å². The van der Waals surface area contributed by atoms with E-state index < -0.39 is 0 Å². The lowest BCUT2D eigenvalue weighted by molar-refractivity contribution is 0.568. The number of nitrogens with zero attached hydrogens (tertiary/aromatic N) is 4. The standard InChI is InChI=1S/C23H18N6O/c1-13-25-11-22(29(13)2)14-3-4-19-17(7-14)23(28-27-19)20-8-16-18(15-5-6-30-12-15)9-24-10-21(16)26-20/h3-12,26H,1-2H3,(H,27,28). The van der Waals surface area contributed by atoms with Gasteiger partial charge in [-0.1, -0.05) is 6.07 Å². The second-order valence-electron chi connectivity index (χ2n) is 7.43. The molecule has 0 radical (unpaired) electrons. The normalized spacial score (nSPS) is 11.7. The van der Waals surface area contributed by atoms with Crippen LogP contribution in [-0.2, 0) is 7.05 Å². The molecule has 30 heavy (non-hydrogen) atoms. The van der Waals surface area contributed by atoms with E-state index in [1.165, 1.54) is 0 Å². The minimum atomic E-state index is 0.875. The van der Waals surface area contributed by atoms with Gasteiger partial charge in [-0.3, -0.25) is 10.1 Å². The first-order chi connectivity index (χ1) is 14.7. The van der Waals surface area contributed by atoms with E-state index in [2.05, 4.69) is 54.0 Å². The van der Waals surface area contributed by atoms with Crippen LogP contribution in [0.15, 0.2) is 65.9 Å². The predicted octanol–water partition coefficient (Wildman–Crippen LogP) is 5.08. The maximum absolute atomic E-state index is 5.26. The van der Waals surface area contributed by atoms with Crippen LogP contribution in [-0.4, -0.2) is 29.7 Å². The summed E-state index contributed by atoms with van der Waals surface area (Å²) in [5.41, 5.74) is 7.95. The van der Waals surface area contributed by atoms with Crippen molar-refractivity contribution >= 4 is 21.8 Å². The van der Waals surface area contributed by atoms with E-state index in [4.69, 9.17) is 4.42 Å². The van der Waals surface area contributed by atoms with Crippen LogP contribution in [0.5, 0.6) is 0 Å². The number of imidazole rings is 1. The van der Waals surface area contributed by atoms with Crippen LogP contribution >= 0.6 is 0 Å². The van der Waals surface area contributed by atoms with Crippen LogP contribution < -0.4 is 0 Å². The predicted molar refractivity (Wildman–Crippen MR) is 116 cm³/mol. The van der Waals surface area contributed by atoms with Crippen molar-refractivity contribution in [3.8, 4) is 33.8 Å². The van der Waals surface area contributed by atoms with E-state index in [-0.39, 0.29) is 0 Å². The van der Waals surface area contributed by atoms with E-state index in [9.17, 15) is 0 Å². The molecule has 5 heterocycles. The minimum absolute atomic E-state index is 0.875. The molecule has 6 aromatic rings. The SMILES string of the molecule is Cc1ncc(-c2ccc3[nH]nc(-c4cc5c(-c6ccoc6)cncc5[nH]4)c3c2)n1C. The van der Waals surface area contributed by atoms with Crippen LogP contribution in [0.25, 0.3) is 55.6 Å². The zero-order valence-electron chi connectivity index (χ0n) is 16.5. The fraction of sp³-hybridized carbons (Fsp3) is 0.0870. The number of aromatic amines is 2. The first-order valence-electron chi connectivity index (χ1n) is 9.65. The van der Waals surface area contributed by atoms with Gasteiger partial charge in [0.15, 0.2) is 0 Å². The third kappa shape index (κ3) is 2.42. The Balaban J connectivity index is 1.53. The van der Waals surface area contributed by atoms with Crippen molar-refractivity contribution in [1.29, 1.82) is 0 Å². The van der Waals surface area contributed by atoms with Gasteiger partial charge in [-0.25, -0.2) is 4.98 Å². The lowest BCUT2D eigenvalue weighted by Gasteiger charge is -2.04. The molecule has 0 fully saturated rings. The number of furan rings is 1. The monoisotopic (exact) mass is 394 g/mol. The summed E-state index contributed by atoms with van der Waals surface area (Å²) in [6, 6.07) is 10.4. The van der Waals surface area contributed by atoms with Crippen LogP contribution in [0.2, 0.25) is 0 Å². The van der Waals surface area contributed by atoms with Crippen molar-refractivity contribution in [3.63, 3.8) is 0 Å². The van der Waals surface area contributed by atoms with Crippen LogP contribution in [0.1, 0.15) is 5.82 Å². The van der Waals surface area contributed by atoms with Crippen molar-refractivity contribution in [3.05, 3.63) is 67.3 Å². The number of aromatic nitrogens is 6. The first kappa shape index (κ1) is 16.8. The number of benzene rings is 1. The van der Waals surface area contributed by atoms with Gasteiger partial charge in [-0.2, -0.15) is 5.10 Å². The van der Waals surface area contributed by atoms with Crippen LogP contribution in [0.3, 0.4) is 0 Å². The summed E-state index contributed by atoms with van der Waals surface area (Å²) in [6.07, 6.45) is 9.00. The minimum Gasteiger partial charge on any atom is -0.472 e. The average molecular weight is 394 g/mol. The fourth-order valence-electron chi connectivity index (χ4n) is 3.98. The summed E-state index contributed by atoms with van der Waals surface area (Å²) in [5.74, 6) is 0.979. The molecule has 0 spiro atoms. The molecule has 0 aliphatic heterocycles. The van der Waals surface area contributed by atoms with Crippen molar-refractivity contribution in [2.24, 2.45) is 7.05 Å². The van der Waals surface area contributed by atoms with Gasteiger partial charge in [-0.05, 0) is 31.2 Å². The Morgan fingerprint density at radius 2 is 1.90 bits per heavy atom. The van der Waals surface area contributed by atoms with Crippen molar-refractivity contribution in [2.75, 3.05) is 0 Å². The number of fused-ring (bicyclic) bond motifs is 2. The molecule has 2 N–H and O–H groups in total. The van der Waals surface area contributed by atoms with E-state index >= 15 is 0 Å². The highest BCUT2D eigenvalue weighted by Gasteiger charge is 2.15. The van der Waals surface area contributed by atoms with E-state index in [1.54, 1.807) is 12.5 Å². The summed E-state index contributed by atoms with van der Waals surface area (Å²) in [5, 5.41) is 9.88. The maximum Gasteiger partial charge on any atom is 0.116 e. The highest BCUT2D eigenvalue weighted by molar-refractivity contribution is 6.01. The van der Waals surface area contributed by atoms with Gasteiger partial charge in [0.05, 0.1) is 47.3 Å². The van der Waals surface area contributed by atoms with Crippen molar-refractivity contribution < 1.29 is 4.42 Å². The zero-order valence-corrected chi connectivity index (χ0v) is 16.5. The fourth-order valence-corrected chi connectivity index (χ4v) is 3.98. The Morgan fingerprint density at radius 1 is 0.967 bits per heavy atom. The molecule has 6 rings (SSSR count). The molecule has 0 saturated carbocycles. The molecule has 0 bridgehead atoms. The quantitative estimate of drug-likeness (QED) is 0.438. The zero-order chi connectivity index (χ0) is 20.2. The molecule has 5 aromatic heterocycles. The van der Waals surface area contributed by atoms with E-state index in [1.807, 2.05) is 38.6 Å². The molecule has 0 saturated heterocycles. The van der Waals surface area contributed by atoms with Gasteiger partial charge in [0.25, 0.3) is 0 Å². The van der Waals surface area contributed by atoms with Gasteiger partial charge >= 0.3 is 0 Å². The summed E-state index contributed by atoms with van der Waals surface area (Å²) in [6.45, 7) is 2.00. The highest BCUT2D eigenvalue weighted by Crippen LogP contribution is 2.34. The molecule has 7 nitrogen and oxygen atoms in total. The number of hydrogen-bond acceptors (Lipinski definition) is 4. The Bertz CT molecular complexity index is 1520. The molecule has 0 aliphatic carbocycles. The van der Waals surface area contributed by atoms with Gasteiger partial charge in [0, 0.05) is 40.7 Å². The smallest absolute Gasteiger partial charge is 0.116 e. The summed E-state index contributed by atoms with van der Waals surface area (Å²) in [7, 11) is 2.03. The Hall–Kier alpha value is -4.13. The maximum atomic E-state index is 5.26. The average Bonchev–Trinajstić information content (AvgIpc) is 3.54. The van der Waals surface area contributed by atoms with Gasteiger partial charge < -0.3 is 14.0 Å². The number of aryl methyl sites for hydroxylation is 1. The first-order valence-corrected chi connectivity index (χ1v) is 9.65. The molecule has 0 aliphatic rings. The van der Waals surface area contributed by atoms with Crippen LogP contribution in [0.4, 0.5) is 0 Å². The number of hydrogen-bond donors (Lipinski definition) is 2. The Labute approximate surface area is 171 Å². The van der Waals surface area contributed by atoms with E-state index in [0.29, 0.717) is 0 Å². The molecule has 1 aromatic carbocycles. The number of H-pyrrole nitrogens is 2. The third-order valence-corrected chi connectivity index (χ3v) is 5.71. The molecule has 0 atom stereocenters. The molecular weight excluding hydrogens is 376 g/mol. The van der Waals surface area contributed by atoms with Gasteiger partial charge in [0.2, 0.25) is 0 Å². The van der Waals surface area contributed by atoms with Crippen molar-refractivity contribution in [1.82, 2.24) is 29.7 Å². The molecule has 0 amide bonds. The number of rotatable bonds is 3. The topological polar surface area (TPSA) is 88.3 Å². The third-order valence-electron chi connectivity index (χ3n) is 5.71. The molecular formula is C23H18N6O. The molecule has 146 valence electrons. The molecule has 7 heteroatoms. The lowest BCUT2D eigenvalue weighted by Crippen LogP contribution is -1.94. The van der Waals surface area contributed by atoms with Crippen LogP contribution in [0, 0.1) is 6.92 Å². The molecule has 0 unspecified atom stereocenters. The highest BCUT2D eigenvalue weighted by atomic mass is 16.3. The Morgan fingerprint density at radius 3 is 2.70 bits per heavy atom. The number of pyridine rings is 1. The largest absolute Gasteiger partial charge is 0.472 e. The summed E-state index contributed by atoms with van der Waals surface area (Å²) >= 11 is 0. The number of nitrogens with one attached hydrogen (secondary N) is 2. The van der Waals surface area contributed by atoms with E-state index in [0.717, 1.165) is 61.4 Å². The van der Waals surface area contributed by atoms with Gasteiger partial charge in [0.1, 0.15) is 11.5 Å². The second kappa shape index (κ2) is 6.18. The lowest BCUT2D eigenvalue weighted by atomic mass is 10.1. The second-order valence-corrected chi connectivity index (χ2v) is 7.43. The Kier molecular flexibility index (Phi) is 3.46. The van der Waals surface area contributed by atoms with Gasteiger partial charge in [-0.15, -0.1) is 0 Å². The summed E-state index contributed by atoms with van der Waals surface area (Å²) in [4.78, 5) is 12.3. The summed E-state index contributed by atoms with van der Waals surface area (Å²) < 4.78 is 7.35.